The van der Waals surface area contributed by atoms with Crippen LogP contribution in [-0.2, 0) is 13.7 Å². The number of rotatable bonds is 7. The molecule has 0 bridgehead atoms. The van der Waals surface area contributed by atoms with Gasteiger partial charge in [0.2, 0.25) is 0 Å². The standard InChI is InChI=1S/C15H22N4O/c1-4-8-16-12(2)13-6-5-7-15(9-13)20-11-14-10-19(3)18-17-14/h5-7,9-10,12,16H,4,8,11H2,1-3H3. The normalized spacial score (nSPS) is 12.3. The van der Waals surface area contributed by atoms with E-state index in [2.05, 4.69) is 41.6 Å². The first-order valence-corrected chi connectivity index (χ1v) is 7.00. The van der Waals surface area contributed by atoms with Crippen LogP contribution in [0, 0.1) is 0 Å². The summed E-state index contributed by atoms with van der Waals surface area (Å²) < 4.78 is 7.43. The Balaban J connectivity index is 1.95. The number of hydrogen-bond acceptors (Lipinski definition) is 4. The number of aryl methyl sites for hydroxylation is 1. The summed E-state index contributed by atoms with van der Waals surface area (Å²) in [5.74, 6) is 0.860. The molecule has 20 heavy (non-hydrogen) atoms. The third-order valence-electron chi connectivity index (χ3n) is 3.10. The van der Waals surface area contributed by atoms with Crippen molar-refractivity contribution in [1.29, 1.82) is 0 Å². The zero-order valence-corrected chi connectivity index (χ0v) is 12.3. The SMILES string of the molecule is CCCNC(C)c1cccc(OCc2cn(C)nn2)c1. The molecule has 2 aromatic rings. The fraction of sp³-hybridized carbons (Fsp3) is 0.467. The fourth-order valence-corrected chi connectivity index (χ4v) is 1.97. The number of ether oxygens (including phenoxy) is 1. The predicted octanol–water partition coefficient (Wildman–Crippen LogP) is 2.45. The summed E-state index contributed by atoms with van der Waals surface area (Å²) >= 11 is 0. The average molecular weight is 274 g/mol. The molecule has 0 saturated heterocycles. The van der Waals surface area contributed by atoms with E-state index in [4.69, 9.17) is 4.74 Å². The molecule has 0 spiro atoms. The lowest BCUT2D eigenvalue weighted by Gasteiger charge is -2.14. The van der Waals surface area contributed by atoms with E-state index in [1.165, 1.54) is 5.56 Å². The average Bonchev–Trinajstić information content (AvgIpc) is 2.88. The van der Waals surface area contributed by atoms with Gasteiger partial charge in [-0.15, -0.1) is 5.10 Å². The molecule has 5 heteroatoms. The van der Waals surface area contributed by atoms with Crippen LogP contribution in [-0.4, -0.2) is 21.5 Å². The van der Waals surface area contributed by atoms with Crippen molar-refractivity contribution in [3.63, 3.8) is 0 Å². The van der Waals surface area contributed by atoms with Crippen LogP contribution in [0.15, 0.2) is 30.5 Å². The monoisotopic (exact) mass is 274 g/mol. The van der Waals surface area contributed by atoms with Gasteiger partial charge in [-0.25, -0.2) is 0 Å². The highest BCUT2D eigenvalue weighted by molar-refractivity contribution is 5.30. The number of hydrogen-bond donors (Lipinski definition) is 1. The minimum Gasteiger partial charge on any atom is -0.487 e. The molecule has 1 aromatic heterocycles. The van der Waals surface area contributed by atoms with E-state index in [0.717, 1.165) is 24.4 Å². The lowest BCUT2D eigenvalue weighted by molar-refractivity contribution is 0.300. The van der Waals surface area contributed by atoms with E-state index in [1.54, 1.807) is 4.68 Å². The van der Waals surface area contributed by atoms with Crippen molar-refractivity contribution in [3.8, 4) is 5.75 Å². The highest BCUT2D eigenvalue weighted by Gasteiger charge is 2.06. The molecule has 1 heterocycles. The van der Waals surface area contributed by atoms with E-state index in [-0.39, 0.29) is 0 Å². The zero-order chi connectivity index (χ0) is 14.4. The van der Waals surface area contributed by atoms with Crippen LogP contribution in [0.25, 0.3) is 0 Å². The molecular formula is C15H22N4O. The number of aromatic nitrogens is 3. The van der Waals surface area contributed by atoms with Crippen molar-refractivity contribution in [1.82, 2.24) is 20.3 Å². The largest absolute Gasteiger partial charge is 0.487 e. The second-order valence-electron chi connectivity index (χ2n) is 4.92. The van der Waals surface area contributed by atoms with Crippen LogP contribution in [0.4, 0.5) is 0 Å². The van der Waals surface area contributed by atoms with Gasteiger partial charge in [-0.05, 0) is 37.6 Å². The van der Waals surface area contributed by atoms with Gasteiger partial charge in [0.1, 0.15) is 18.1 Å². The number of nitrogens with zero attached hydrogens (tertiary/aromatic N) is 3. The van der Waals surface area contributed by atoms with Gasteiger partial charge < -0.3 is 10.1 Å². The van der Waals surface area contributed by atoms with Crippen LogP contribution in [0.2, 0.25) is 0 Å². The molecule has 1 atom stereocenters. The zero-order valence-electron chi connectivity index (χ0n) is 12.3. The summed E-state index contributed by atoms with van der Waals surface area (Å²) in [5, 5.41) is 11.4. The van der Waals surface area contributed by atoms with Gasteiger partial charge in [0.05, 0.1) is 6.20 Å². The summed E-state index contributed by atoms with van der Waals surface area (Å²) in [6, 6.07) is 8.50. The molecular weight excluding hydrogens is 252 g/mol. The Morgan fingerprint density at radius 2 is 2.25 bits per heavy atom. The molecule has 0 saturated carbocycles. The molecule has 1 unspecified atom stereocenters. The van der Waals surface area contributed by atoms with E-state index in [0.29, 0.717) is 12.6 Å². The van der Waals surface area contributed by atoms with E-state index >= 15 is 0 Å². The molecule has 108 valence electrons. The lowest BCUT2D eigenvalue weighted by atomic mass is 10.1. The van der Waals surface area contributed by atoms with Gasteiger partial charge in [-0.3, -0.25) is 4.68 Å². The van der Waals surface area contributed by atoms with E-state index < -0.39 is 0 Å². The minimum absolute atomic E-state index is 0.329. The van der Waals surface area contributed by atoms with Crippen LogP contribution in [0.3, 0.4) is 0 Å². The fourth-order valence-electron chi connectivity index (χ4n) is 1.97. The summed E-state index contributed by atoms with van der Waals surface area (Å²) in [6.07, 6.45) is 2.99. The minimum atomic E-state index is 0.329. The maximum atomic E-state index is 5.76. The van der Waals surface area contributed by atoms with Crippen molar-refractivity contribution in [2.45, 2.75) is 32.9 Å². The second kappa shape index (κ2) is 7.05. The third-order valence-corrected chi connectivity index (χ3v) is 3.10. The molecule has 0 aliphatic carbocycles. The summed E-state index contributed by atoms with van der Waals surface area (Å²) in [4.78, 5) is 0. The van der Waals surface area contributed by atoms with Gasteiger partial charge in [0.15, 0.2) is 0 Å². The molecule has 2 rings (SSSR count). The lowest BCUT2D eigenvalue weighted by Crippen LogP contribution is -2.19. The van der Waals surface area contributed by atoms with Crippen LogP contribution >= 0.6 is 0 Å². The maximum absolute atomic E-state index is 5.76. The first-order chi connectivity index (χ1) is 9.69. The molecule has 1 N–H and O–H groups in total. The van der Waals surface area contributed by atoms with Crippen LogP contribution < -0.4 is 10.1 Å². The van der Waals surface area contributed by atoms with Crippen LogP contribution in [0.1, 0.15) is 37.6 Å². The van der Waals surface area contributed by atoms with Crippen molar-refractivity contribution in [2.75, 3.05) is 6.54 Å². The Bertz CT molecular complexity index is 538. The number of nitrogens with one attached hydrogen (secondary N) is 1. The van der Waals surface area contributed by atoms with Gasteiger partial charge in [0.25, 0.3) is 0 Å². The third kappa shape index (κ3) is 4.06. The summed E-state index contributed by atoms with van der Waals surface area (Å²) in [6.45, 7) is 5.79. The molecule has 0 aliphatic heterocycles. The Kier molecular flexibility index (Phi) is 5.12. The Morgan fingerprint density at radius 1 is 1.40 bits per heavy atom. The van der Waals surface area contributed by atoms with Crippen molar-refractivity contribution in [2.24, 2.45) is 7.05 Å². The molecule has 0 radical (unpaired) electrons. The summed E-state index contributed by atoms with van der Waals surface area (Å²) in [7, 11) is 1.85. The molecule has 0 amide bonds. The first-order valence-electron chi connectivity index (χ1n) is 7.00. The van der Waals surface area contributed by atoms with Crippen molar-refractivity contribution < 1.29 is 4.74 Å². The highest BCUT2D eigenvalue weighted by atomic mass is 16.5. The van der Waals surface area contributed by atoms with Gasteiger partial charge in [-0.2, -0.15) is 0 Å². The quantitative estimate of drug-likeness (QED) is 0.842. The Labute approximate surface area is 120 Å². The van der Waals surface area contributed by atoms with Gasteiger partial charge in [-0.1, -0.05) is 24.3 Å². The smallest absolute Gasteiger partial charge is 0.134 e. The molecule has 0 aliphatic rings. The topological polar surface area (TPSA) is 52.0 Å². The van der Waals surface area contributed by atoms with Crippen molar-refractivity contribution in [3.05, 3.63) is 41.7 Å². The molecule has 0 fully saturated rings. The van der Waals surface area contributed by atoms with E-state index in [9.17, 15) is 0 Å². The van der Waals surface area contributed by atoms with E-state index in [1.807, 2.05) is 25.4 Å². The first kappa shape index (κ1) is 14.5. The number of benzene rings is 1. The second-order valence-corrected chi connectivity index (χ2v) is 4.92. The van der Waals surface area contributed by atoms with Crippen molar-refractivity contribution >= 4 is 0 Å². The maximum Gasteiger partial charge on any atom is 0.134 e. The van der Waals surface area contributed by atoms with Gasteiger partial charge in [0, 0.05) is 13.1 Å². The predicted molar refractivity (Wildman–Crippen MR) is 78.5 cm³/mol. The molecule has 1 aromatic carbocycles. The highest BCUT2D eigenvalue weighted by Crippen LogP contribution is 2.19. The Morgan fingerprint density at radius 3 is 2.95 bits per heavy atom. The Hall–Kier alpha value is -1.88. The van der Waals surface area contributed by atoms with Crippen LogP contribution in [0.5, 0.6) is 5.75 Å². The molecule has 5 nitrogen and oxygen atoms in total. The summed E-state index contributed by atoms with van der Waals surface area (Å²) in [5.41, 5.74) is 2.06. The van der Waals surface area contributed by atoms with Gasteiger partial charge >= 0.3 is 0 Å².